The molecular formula is C7H5BrN4. The molecular weight excluding hydrogens is 220 g/mol. The van der Waals surface area contributed by atoms with Crippen molar-refractivity contribution in [3.63, 3.8) is 0 Å². The number of hydrogen-bond donors (Lipinski definition) is 0. The molecule has 0 amide bonds. The molecule has 0 radical (unpaired) electrons. The van der Waals surface area contributed by atoms with Gasteiger partial charge in [0, 0.05) is 10.0 Å². The maximum absolute atomic E-state index is 3.81. The first-order valence-electron chi connectivity index (χ1n) is 3.42. The van der Waals surface area contributed by atoms with Crippen molar-refractivity contribution in [2.75, 3.05) is 0 Å². The normalized spacial score (nSPS) is 15.8. The number of benzene rings is 1. The summed E-state index contributed by atoms with van der Waals surface area (Å²) < 4.78 is 1.04. The van der Waals surface area contributed by atoms with Crippen molar-refractivity contribution in [1.82, 2.24) is 0 Å². The summed E-state index contributed by atoms with van der Waals surface area (Å²) in [5, 5.41) is 14.5. The van der Waals surface area contributed by atoms with Crippen molar-refractivity contribution in [1.29, 1.82) is 0 Å². The molecule has 0 atom stereocenters. The first kappa shape index (κ1) is 7.54. The van der Waals surface area contributed by atoms with Gasteiger partial charge in [0.2, 0.25) is 6.17 Å². The van der Waals surface area contributed by atoms with Crippen molar-refractivity contribution in [3.05, 3.63) is 34.3 Å². The summed E-state index contributed by atoms with van der Waals surface area (Å²) in [6.45, 7) is 0. The summed E-state index contributed by atoms with van der Waals surface area (Å²) in [4.78, 5) is 0. The van der Waals surface area contributed by atoms with Gasteiger partial charge in [-0.3, -0.25) is 0 Å². The second kappa shape index (κ2) is 3.10. The smallest absolute Gasteiger partial charge is 0.133 e. The zero-order valence-electron chi connectivity index (χ0n) is 6.05. The third kappa shape index (κ3) is 1.40. The molecule has 0 fully saturated rings. The minimum absolute atomic E-state index is 0.238. The molecule has 0 saturated heterocycles. The van der Waals surface area contributed by atoms with Crippen molar-refractivity contribution < 1.29 is 0 Å². The number of hydrogen-bond acceptors (Lipinski definition) is 4. The van der Waals surface area contributed by atoms with Gasteiger partial charge < -0.3 is 0 Å². The van der Waals surface area contributed by atoms with Crippen molar-refractivity contribution in [2.24, 2.45) is 20.7 Å². The third-order valence-corrected chi connectivity index (χ3v) is 2.06. The van der Waals surface area contributed by atoms with E-state index in [1.54, 1.807) is 0 Å². The largest absolute Gasteiger partial charge is 0.210 e. The minimum Gasteiger partial charge on any atom is -0.133 e. The second-order valence-corrected chi connectivity index (χ2v) is 3.25. The fraction of sp³-hybridized carbons (Fsp3) is 0.143. The van der Waals surface area contributed by atoms with E-state index in [0.29, 0.717) is 0 Å². The van der Waals surface area contributed by atoms with Crippen LogP contribution in [0.25, 0.3) is 0 Å². The van der Waals surface area contributed by atoms with Gasteiger partial charge in [-0.15, -0.1) is 10.2 Å². The highest BCUT2D eigenvalue weighted by Crippen LogP contribution is 2.24. The van der Waals surface area contributed by atoms with E-state index in [4.69, 9.17) is 0 Å². The Bertz CT molecular complexity index is 318. The predicted molar refractivity (Wildman–Crippen MR) is 46.6 cm³/mol. The Morgan fingerprint density at radius 3 is 2.17 bits per heavy atom. The van der Waals surface area contributed by atoms with Gasteiger partial charge in [0.05, 0.1) is 0 Å². The molecule has 0 N–H and O–H groups in total. The first-order valence-corrected chi connectivity index (χ1v) is 4.21. The molecule has 2 rings (SSSR count). The molecule has 0 aromatic heterocycles. The average molecular weight is 225 g/mol. The van der Waals surface area contributed by atoms with Gasteiger partial charge in [-0.2, -0.15) is 0 Å². The topological polar surface area (TPSA) is 49.4 Å². The third-order valence-electron chi connectivity index (χ3n) is 1.53. The Balaban J connectivity index is 2.29. The molecule has 4 nitrogen and oxygen atoms in total. The highest BCUT2D eigenvalue weighted by Gasteiger charge is 2.11. The van der Waals surface area contributed by atoms with Gasteiger partial charge in [0.15, 0.2) is 0 Å². The number of rotatable bonds is 1. The molecule has 1 aromatic rings. The van der Waals surface area contributed by atoms with Crippen molar-refractivity contribution in [3.8, 4) is 0 Å². The Kier molecular flexibility index (Phi) is 1.95. The summed E-state index contributed by atoms with van der Waals surface area (Å²) in [5.41, 5.74) is 1.00. The van der Waals surface area contributed by atoms with E-state index in [0.717, 1.165) is 10.0 Å². The fourth-order valence-electron chi connectivity index (χ4n) is 0.935. The highest BCUT2D eigenvalue weighted by molar-refractivity contribution is 9.10. The van der Waals surface area contributed by atoms with Crippen LogP contribution in [0.2, 0.25) is 0 Å². The van der Waals surface area contributed by atoms with Crippen LogP contribution < -0.4 is 0 Å². The van der Waals surface area contributed by atoms with Crippen LogP contribution in [0.1, 0.15) is 11.7 Å². The van der Waals surface area contributed by atoms with Crippen molar-refractivity contribution >= 4 is 15.9 Å². The lowest BCUT2D eigenvalue weighted by Gasteiger charge is -1.99. The van der Waals surface area contributed by atoms with Gasteiger partial charge in [-0.25, -0.2) is 0 Å². The van der Waals surface area contributed by atoms with E-state index < -0.39 is 0 Å². The summed E-state index contributed by atoms with van der Waals surface area (Å²) in [6.07, 6.45) is -0.238. The van der Waals surface area contributed by atoms with Gasteiger partial charge in [0.25, 0.3) is 0 Å². The van der Waals surface area contributed by atoms with Crippen LogP contribution in [0.5, 0.6) is 0 Å². The van der Waals surface area contributed by atoms with Gasteiger partial charge in [-0.05, 0) is 22.6 Å². The number of halogens is 1. The molecule has 60 valence electrons. The maximum Gasteiger partial charge on any atom is 0.210 e. The zero-order chi connectivity index (χ0) is 8.39. The van der Waals surface area contributed by atoms with Crippen LogP contribution >= 0.6 is 15.9 Å². The number of nitrogens with zero attached hydrogens (tertiary/aromatic N) is 4. The summed E-state index contributed by atoms with van der Waals surface area (Å²) >= 11 is 3.35. The van der Waals surface area contributed by atoms with E-state index >= 15 is 0 Å². The van der Waals surface area contributed by atoms with E-state index in [2.05, 4.69) is 36.6 Å². The standard InChI is InChI=1S/C7H5BrN4/c8-6-3-1-5(2-4-6)7-9-11-12-10-7/h1-4,7H. The highest BCUT2D eigenvalue weighted by atomic mass is 79.9. The summed E-state index contributed by atoms with van der Waals surface area (Å²) in [7, 11) is 0. The lowest BCUT2D eigenvalue weighted by molar-refractivity contribution is 0.764. The molecule has 0 unspecified atom stereocenters. The van der Waals surface area contributed by atoms with E-state index in [1.165, 1.54) is 0 Å². The van der Waals surface area contributed by atoms with Gasteiger partial charge in [0.1, 0.15) is 0 Å². The van der Waals surface area contributed by atoms with Gasteiger partial charge in [-0.1, -0.05) is 28.1 Å². The minimum atomic E-state index is -0.238. The predicted octanol–water partition coefficient (Wildman–Crippen LogP) is 3.28. The van der Waals surface area contributed by atoms with Gasteiger partial charge >= 0.3 is 0 Å². The Labute approximate surface area is 77.5 Å². The molecule has 5 heteroatoms. The van der Waals surface area contributed by atoms with Crippen LogP contribution in [0.15, 0.2) is 49.4 Å². The van der Waals surface area contributed by atoms with E-state index in [-0.39, 0.29) is 6.17 Å². The molecule has 0 spiro atoms. The van der Waals surface area contributed by atoms with E-state index in [9.17, 15) is 0 Å². The van der Waals surface area contributed by atoms with Crippen LogP contribution in [0.4, 0.5) is 0 Å². The molecule has 12 heavy (non-hydrogen) atoms. The summed E-state index contributed by atoms with van der Waals surface area (Å²) in [6, 6.07) is 7.77. The maximum atomic E-state index is 3.81. The molecule has 1 aliphatic heterocycles. The Morgan fingerprint density at radius 2 is 1.58 bits per heavy atom. The molecule has 1 aliphatic rings. The van der Waals surface area contributed by atoms with Crippen LogP contribution in [0, 0.1) is 0 Å². The molecule has 0 aliphatic carbocycles. The fourth-order valence-corrected chi connectivity index (χ4v) is 1.20. The summed E-state index contributed by atoms with van der Waals surface area (Å²) in [5.74, 6) is 0. The Morgan fingerprint density at radius 1 is 1.00 bits per heavy atom. The SMILES string of the molecule is Brc1ccc(C2N=NN=N2)cc1. The lowest BCUT2D eigenvalue weighted by Crippen LogP contribution is -1.86. The zero-order valence-corrected chi connectivity index (χ0v) is 7.64. The monoisotopic (exact) mass is 224 g/mol. The second-order valence-electron chi connectivity index (χ2n) is 2.34. The van der Waals surface area contributed by atoms with Crippen molar-refractivity contribution in [2.45, 2.75) is 6.17 Å². The van der Waals surface area contributed by atoms with Crippen LogP contribution in [-0.2, 0) is 0 Å². The first-order chi connectivity index (χ1) is 5.86. The van der Waals surface area contributed by atoms with Crippen LogP contribution in [0.3, 0.4) is 0 Å². The molecule has 0 bridgehead atoms. The quantitative estimate of drug-likeness (QED) is 0.704. The molecule has 1 aromatic carbocycles. The van der Waals surface area contributed by atoms with Crippen LogP contribution in [-0.4, -0.2) is 0 Å². The Hall–Kier alpha value is -1.10. The molecule has 0 saturated carbocycles. The lowest BCUT2D eigenvalue weighted by atomic mass is 10.2. The molecule has 1 heterocycles. The average Bonchev–Trinajstić information content (AvgIpc) is 2.58. The van der Waals surface area contributed by atoms with E-state index in [1.807, 2.05) is 24.3 Å².